The summed E-state index contributed by atoms with van der Waals surface area (Å²) in [6.07, 6.45) is 6.77. The Kier molecular flexibility index (Phi) is 7.32. The maximum atomic E-state index is 14.8. The third-order valence-corrected chi connectivity index (χ3v) is 7.10. The van der Waals surface area contributed by atoms with Crippen LogP contribution in [-0.2, 0) is 24.2 Å². The number of nitrogens with zero attached hydrogens (tertiary/aromatic N) is 4. The SMILES string of the molecule is COc1cc(-c2ncc(C3CCc4ccc(C[C@H](C)C(=O)O)cc4O3)nc2CN2CCCC2)c(F)cn1. The average Bonchev–Trinajstić information content (AvgIpc) is 3.42. The van der Waals surface area contributed by atoms with Gasteiger partial charge in [-0.05, 0) is 62.4 Å². The second-order valence-electron chi connectivity index (χ2n) is 9.81. The molecule has 1 N–H and O–H groups in total. The van der Waals surface area contributed by atoms with Crippen LogP contribution in [0.3, 0.4) is 0 Å². The quantitative estimate of drug-likeness (QED) is 0.473. The van der Waals surface area contributed by atoms with Crippen molar-refractivity contribution in [2.45, 2.75) is 51.7 Å². The lowest BCUT2D eigenvalue weighted by atomic mass is 9.95. The fourth-order valence-corrected chi connectivity index (χ4v) is 4.99. The molecule has 2 aromatic heterocycles. The van der Waals surface area contributed by atoms with Crippen LogP contribution in [-0.4, -0.2) is 51.1 Å². The Labute approximate surface area is 215 Å². The summed E-state index contributed by atoms with van der Waals surface area (Å²) in [7, 11) is 1.50. The van der Waals surface area contributed by atoms with Crippen molar-refractivity contribution in [3.63, 3.8) is 0 Å². The van der Waals surface area contributed by atoms with Crippen molar-refractivity contribution in [2.75, 3.05) is 20.2 Å². The van der Waals surface area contributed by atoms with Gasteiger partial charge in [0.05, 0.1) is 42.5 Å². The third kappa shape index (κ3) is 5.56. The Morgan fingerprint density at radius 1 is 1.24 bits per heavy atom. The predicted molar refractivity (Wildman–Crippen MR) is 135 cm³/mol. The number of benzene rings is 1. The summed E-state index contributed by atoms with van der Waals surface area (Å²) >= 11 is 0. The Balaban J connectivity index is 1.45. The molecule has 0 radical (unpaired) electrons. The zero-order chi connectivity index (χ0) is 25.9. The van der Waals surface area contributed by atoms with Gasteiger partial charge in [-0.25, -0.2) is 14.4 Å². The van der Waals surface area contributed by atoms with E-state index in [0.29, 0.717) is 41.5 Å². The smallest absolute Gasteiger partial charge is 0.306 e. The molecule has 2 aliphatic heterocycles. The fraction of sp³-hybridized carbons (Fsp3) is 0.429. The van der Waals surface area contributed by atoms with Crippen molar-refractivity contribution in [3.8, 4) is 22.9 Å². The number of aliphatic carboxylic acids is 1. The van der Waals surface area contributed by atoms with Crippen LogP contribution in [0.25, 0.3) is 11.3 Å². The highest BCUT2D eigenvalue weighted by molar-refractivity contribution is 5.70. The van der Waals surface area contributed by atoms with Crippen LogP contribution in [0, 0.1) is 11.7 Å². The minimum atomic E-state index is -0.819. The van der Waals surface area contributed by atoms with E-state index in [2.05, 4.69) is 14.9 Å². The molecule has 37 heavy (non-hydrogen) atoms. The van der Waals surface area contributed by atoms with E-state index in [9.17, 15) is 14.3 Å². The lowest BCUT2D eigenvalue weighted by Crippen LogP contribution is -2.22. The molecule has 0 saturated carbocycles. The lowest BCUT2D eigenvalue weighted by molar-refractivity contribution is -0.141. The number of likely N-dealkylation sites (tertiary alicyclic amines) is 1. The highest BCUT2D eigenvalue weighted by Gasteiger charge is 2.26. The van der Waals surface area contributed by atoms with Gasteiger partial charge < -0.3 is 14.6 Å². The van der Waals surface area contributed by atoms with Crippen LogP contribution in [0.15, 0.2) is 36.7 Å². The molecule has 194 valence electrons. The number of methoxy groups -OCH3 is 1. The van der Waals surface area contributed by atoms with Gasteiger partial charge in [0.1, 0.15) is 11.9 Å². The molecule has 0 bridgehead atoms. The molecular formula is C28H31FN4O4. The van der Waals surface area contributed by atoms with E-state index in [0.717, 1.165) is 61.8 Å². The summed E-state index contributed by atoms with van der Waals surface area (Å²) in [5.41, 5.74) is 4.21. The summed E-state index contributed by atoms with van der Waals surface area (Å²) in [4.78, 5) is 27.2. The first-order chi connectivity index (χ1) is 17.9. The monoisotopic (exact) mass is 506 g/mol. The van der Waals surface area contributed by atoms with Gasteiger partial charge in [-0.15, -0.1) is 0 Å². The molecule has 5 rings (SSSR count). The number of fused-ring (bicyclic) bond motifs is 1. The topological polar surface area (TPSA) is 97.7 Å². The Hall–Kier alpha value is -3.59. The molecule has 4 heterocycles. The van der Waals surface area contributed by atoms with Crippen molar-refractivity contribution in [2.24, 2.45) is 5.92 Å². The first-order valence-corrected chi connectivity index (χ1v) is 12.7. The van der Waals surface area contributed by atoms with E-state index in [-0.39, 0.29) is 6.10 Å². The number of hydrogen-bond acceptors (Lipinski definition) is 7. The molecule has 1 fully saturated rings. The van der Waals surface area contributed by atoms with Crippen LogP contribution in [0.1, 0.15) is 54.8 Å². The largest absolute Gasteiger partial charge is 0.484 e. The Bertz CT molecular complexity index is 1300. The fourth-order valence-electron chi connectivity index (χ4n) is 4.99. The van der Waals surface area contributed by atoms with Gasteiger partial charge in [0.2, 0.25) is 5.88 Å². The molecule has 1 aromatic carbocycles. The summed E-state index contributed by atoms with van der Waals surface area (Å²) in [5.74, 6) is -0.703. The van der Waals surface area contributed by atoms with Crippen molar-refractivity contribution in [1.82, 2.24) is 19.9 Å². The number of carbonyl (C=O) groups is 1. The summed E-state index contributed by atoms with van der Waals surface area (Å²) in [6, 6.07) is 7.48. The van der Waals surface area contributed by atoms with Crippen LogP contribution >= 0.6 is 0 Å². The van der Waals surface area contributed by atoms with E-state index in [1.807, 2.05) is 18.2 Å². The van der Waals surface area contributed by atoms with Gasteiger partial charge in [0, 0.05) is 18.2 Å². The van der Waals surface area contributed by atoms with Crippen molar-refractivity contribution >= 4 is 5.97 Å². The van der Waals surface area contributed by atoms with E-state index in [4.69, 9.17) is 14.5 Å². The molecule has 0 aliphatic carbocycles. The standard InChI is InChI=1S/C28H31FN4O4/c1-17(28(34)35)11-18-5-6-19-7-8-24(37-25(19)12-18)22-15-31-27(20-13-26(36-2)30-14-21(20)29)23(32-22)16-33-9-3-4-10-33/h5-6,12-15,17,24H,3-4,7-11,16H2,1-2H3,(H,34,35)/t17-,24?/m0/s1. The molecule has 9 heteroatoms. The van der Waals surface area contributed by atoms with E-state index in [1.165, 1.54) is 7.11 Å². The molecule has 0 amide bonds. The number of pyridine rings is 1. The first kappa shape index (κ1) is 25.1. The number of aryl methyl sites for hydroxylation is 1. The Morgan fingerprint density at radius 3 is 2.81 bits per heavy atom. The van der Waals surface area contributed by atoms with Crippen LogP contribution in [0.5, 0.6) is 11.6 Å². The molecule has 2 atom stereocenters. The number of carboxylic acids is 1. The van der Waals surface area contributed by atoms with Gasteiger partial charge in [-0.3, -0.25) is 14.7 Å². The molecule has 1 saturated heterocycles. The number of aromatic nitrogens is 3. The highest BCUT2D eigenvalue weighted by atomic mass is 19.1. The molecule has 0 spiro atoms. The minimum Gasteiger partial charge on any atom is -0.484 e. The summed E-state index contributed by atoms with van der Waals surface area (Å²) in [6.45, 7) is 4.21. The van der Waals surface area contributed by atoms with Gasteiger partial charge in [-0.1, -0.05) is 19.1 Å². The van der Waals surface area contributed by atoms with Gasteiger partial charge in [-0.2, -0.15) is 0 Å². The number of ether oxygens (including phenoxy) is 2. The number of halogens is 1. The zero-order valence-corrected chi connectivity index (χ0v) is 21.1. The van der Waals surface area contributed by atoms with Crippen molar-refractivity contribution < 1.29 is 23.8 Å². The maximum Gasteiger partial charge on any atom is 0.306 e. The van der Waals surface area contributed by atoms with Gasteiger partial charge in [0.15, 0.2) is 5.82 Å². The van der Waals surface area contributed by atoms with Crippen LogP contribution in [0.4, 0.5) is 4.39 Å². The maximum absolute atomic E-state index is 14.8. The molecule has 8 nitrogen and oxygen atoms in total. The van der Waals surface area contributed by atoms with Crippen molar-refractivity contribution in [3.05, 3.63) is 65.0 Å². The minimum absolute atomic E-state index is 0.296. The summed E-state index contributed by atoms with van der Waals surface area (Å²) < 4.78 is 26.4. The highest BCUT2D eigenvalue weighted by Crippen LogP contribution is 2.36. The molecule has 1 unspecified atom stereocenters. The third-order valence-electron chi connectivity index (χ3n) is 7.10. The normalized spacial score (nSPS) is 18.2. The number of rotatable bonds is 8. The van der Waals surface area contributed by atoms with Crippen molar-refractivity contribution in [1.29, 1.82) is 0 Å². The number of carboxylic acid groups (broad SMARTS) is 1. The summed E-state index contributed by atoms with van der Waals surface area (Å²) in [5, 5.41) is 9.27. The predicted octanol–water partition coefficient (Wildman–Crippen LogP) is 4.61. The van der Waals surface area contributed by atoms with Gasteiger partial charge in [0.25, 0.3) is 0 Å². The van der Waals surface area contributed by atoms with Gasteiger partial charge >= 0.3 is 5.97 Å². The van der Waals surface area contributed by atoms with E-state index >= 15 is 0 Å². The molecule has 2 aliphatic rings. The lowest BCUT2D eigenvalue weighted by Gasteiger charge is -2.27. The van der Waals surface area contributed by atoms with Crippen LogP contribution < -0.4 is 9.47 Å². The molecular weight excluding hydrogens is 475 g/mol. The second kappa shape index (κ2) is 10.8. The zero-order valence-electron chi connectivity index (χ0n) is 21.1. The van der Waals surface area contributed by atoms with Crippen LogP contribution in [0.2, 0.25) is 0 Å². The molecule has 3 aromatic rings. The average molecular weight is 507 g/mol. The van der Waals surface area contributed by atoms with E-state index in [1.54, 1.807) is 19.2 Å². The van der Waals surface area contributed by atoms with E-state index < -0.39 is 17.7 Å². The Morgan fingerprint density at radius 2 is 2.05 bits per heavy atom. The first-order valence-electron chi connectivity index (χ1n) is 12.7. The number of hydrogen-bond donors (Lipinski definition) is 1. The second-order valence-corrected chi connectivity index (χ2v) is 9.81.